The fourth-order valence-corrected chi connectivity index (χ4v) is 2.80. The van der Waals surface area contributed by atoms with E-state index in [9.17, 15) is 4.79 Å². The highest BCUT2D eigenvalue weighted by atomic mass is 16.3. The van der Waals surface area contributed by atoms with E-state index >= 15 is 0 Å². The van der Waals surface area contributed by atoms with Gasteiger partial charge in [-0.15, -0.1) is 0 Å². The van der Waals surface area contributed by atoms with Crippen LogP contribution in [-0.2, 0) is 6.54 Å². The minimum Gasteiger partial charge on any atom is -0.463 e. The van der Waals surface area contributed by atoms with Gasteiger partial charge in [0.25, 0.3) is 5.91 Å². The third kappa shape index (κ3) is 2.89. The van der Waals surface area contributed by atoms with Crippen molar-refractivity contribution in [3.05, 3.63) is 78.1 Å². The molecule has 1 amide bonds. The van der Waals surface area contributed by atoms with E-state index in [1.165, 1.54) is 0 Å². The van der Waals surface area contributed by atoms with Crippen LogP contribution in [0.3, 0.4) is 0 Å². The second-order valence-corrected chi connectivity index (χ2v) is 5.68. The molecule has 124 valence electrons. The minimum atomic E-state index is -0.160. The van der Waals surface area contributed by atoms with Crippen LogP contribution in [0.15, 0.2) is 65.5 Å². The molecule has 0 fully saturated rings. The summed E-state index contributed by atoms with van der Waals surface area (Å²) < 4.78 is 7.16. The molecule has 0 atom stereocenters. The van der Waals surface area contributed by atoms with Crippen molar-refractivity contribution >= 4 is 11.6 Å². The Morgan fingerprint density at radius 3 is 3.00 bits per heavy atom. The Morgan fingerprint density at radius 2 is 2.16 bits per heavy atom. The molecule has 1 N–H and O–H groups in total. The first kappa shape index (κ1) is 15.1. The maximum absolute atomic E-state index is 12.6. The maximum atomic E-state index is 12.6. The molecule has 0 aliphatic rings. The Labute approximate surface area is 144 Å². The fourth-order valence-electron chi connectivity index (χ4n) is 2.80. The summed E-state index contributed by atoms with van der Waals surface area (Å²) in [6.07, 6.45) is 5.16. The Kier molecular flexibility index (Phi) is 3.78. The Morgan fingerprint density at radius 1 is 1.24 bits per heavy atom. The summed E-state index contributed by atoms with van der Waals surface area (Å²) in [6.45, 7) is 2.23. The van der Waals surface area contributed by atoms with Gasteiger partial charge >= 0.3 is 0 Å². The van der Waals surface area contributed by atoms with Gasteiger partial charge in [0, 0.05) is 18.9 Å². The number of carbonyl (C=O) groups excluding carboxylic acids is 1. The zero-order valence-corrected chi connectivity index (χ0v) is 13.6. The fraction of sp³-hybridized carbons (Fsp3) is 0.105. The van der Waals surface area contributed by atoms with Crippen molar-refractivity contribution in [1.29, 1.82) is 0 Å². The van der Waals surface area contributed by atoms with Crippen molar-refractivity contribution in [3.8, 4) is 11.5 Å². The molecule has 0 bridgehead atoms. The molecule has 4 aromatic rings. The van der Waals surface area contributed by atoms with Gasteiger partial charge in [-0.05, 0) is 48.9 Å². The number of pyridine rings is 2. The van der Waals surface area contributed by atoms with Crippen LogP contribution in [0, 0.1) is 6.92 Å². The largest absolute Gasteiger partial charge is 0.463 e. The SMILES string of the molecule is Cc1nc2ccccn2c1C(=O)NCc1ccnc(-c2ccco2)c1. The normalized spacial score (nSPS) is 10.9. The number of hydrogen-bond acceptors (Lipinski definition) is 4. The quantitative estimate of drug-likeness (QED) is 0.623. The number of nitrogens with one attached hydrogen (secondary N) is 1. The standard InChI is InChI=1S/C19H16N4O2/c1-13-18(23-9-3-2-6-17(23)22-13)19(24)21-12-14-7-8-20-15(11-14)16-5-4-10-25-16/h2-11H,12H2,1H3,(H,21,24). The summed E-state index contributed by atoms with van der Waals surface area (Å²) in [4.78, 5) is 21.3. The summed E-state index contributed by atoms with van der Waals surface area (Å²) in [6, 6.07) is 13.1. The van der Waals surface area contributed by atoms with Crippen molar-refractivity contribution in [3.63, 3.8) is 0 Å². The lowest BCUT2D eigenvalue weighted by Gasteiger charge is -2.07. The van der Waals surface area contributed by atoms with Gasteiger partial charge in [-0.2, -0.15) is 0 Å². The van der Waals surface area contributed by atoms with E-state index < -0.39 is 0 Å². The Bertz CT molecular complexity index is 1030. The topological polar surface area (TPSA) is 72.4 Å². The van der Waals surface area contributed by atoms with Gasteiger partial charge < -0.3 is 9.73 Å². The van der Waals surface area contributed by atoms with Gasteiger partial charge in [0.2, 0.25) is 0 Å². The molecule has 4 aromatic heterocycles. The van der Waals surface area contributed by atoms with Crippen molar-refractivity contribution in [1.82, 2.24) is 19.7 Å². The maximum Gasteiger partial charge on any atom is 0.270 e. The van der Waals surface area contributed by atoms with Crippen molar-refractivity contribution in [2.45, 2.75) is 13.5 Å². The van der Waals surface area contributed by atoms with Gasteiger partial charge in [0.1, 0.15) is 17.0 Å². The lowest BCUT2D eigenvalue weighted by atomic mass is 10.2. The predicted octanol–water partition coefficient (Wildman–Crippen LogP) is 3.23. The van der Waals surface area contributed by atoms with Crippen molar-refractivity contribution in [2.75, 3.05) is 0 Å². The van der Waals surface area contributed by atoms with Crippen LogP contribution in [0.2, 0.25) is 0 Å². The number of carbonyl (C=O) groups is 1. The highest BCUT2D eigenvalue weighted by molar-refractivity contribution is 5.94. The lowest BCUT2D eigenvalue weighted by Crippen LogP contribution is -2.25. The first-order valence-corrected chi connectivity index (χ1v) is 7.93. The number of fused-ring (bicyclic) bond motifs is 1. The van der Waals surface area contributed by atoms with Gasteiger partial charge in [0.15, 0.2) is 5.76 Å². The zero-order valence-electron chi connectivity index (χ0n) is 13.6. The second-order valence-electron chi connectivity index (χ2n) is 5.68. The molecule has 4 heterocycles. The molecule has 0 radical (unpaired) electrons. The van der Waals surface area contributed by atoms with Crippen molar-refractivity contribution in [2.24, 2.45) is 0 Å². The summed E-state index contributed by atoms with van der Waals surface area (Å²) in [5, 5.41) is 2.95. The first-order chi connectivity index (χ1) is 12.2. The Hall–Kier alpha value is -3.41. The molecule has 0 saturated heterocycles. The van der Waals surface area contributed by atoms with Gasteiger partial charge in [-0.1, -0.05) is 6.07 Å². The number of furan rings is 1. The van der Waals surface area contributed by atoms with Crippen LogP contribution in [0.1, 0.15) is 21.7 Å². The van der Waals surface area contributed by atoms with Crippen LogP contribution in [0.5, 0.6) is 0 Å². The molecule has 6 nitrogen and oxygen atoms in total. The van der Waals surface area contributed by atoms with E-state index in [-0.39, 0.29) is 5.91 Å². The van der Waals surface area contributed by atoms with Crippen LogP contribution in [0.25, 0.3) is 17.1 Å². The monoisotopic (exact) mass is 332 g/mol. The molecule has 0 spiro atoms. The van der Waals surface area contributed by atoms with Crippen molar-refractivity contribution < 1.29 is 9.21 Å². The number of hydrogen-bond donors (Lipinski definition) is 1. The average Bonchev–Trinajstić information content (AvgIpc) is 3.27. The molecule has 0 aliphatic carbocycles. The smallest absolute Gasteiger partial charge is 0.270 e. The molecule has 0 aliphatic heterocycles. The third-order valence-corrected chi connectivity index (χ3v) is 3.97. The molecule has 0 unspecified atom stereocenters. The second kappa shape index (κ2) is 6.24. The molecule has 25 heavy (non-hydrogen) atoms. The van der Waals surface area contributed by atoms with Crippen LogP contribution < -0.4 is 5.32 Å². The van der Waals surface area contributed by atoms with Gasteiger partial charge in [0.05, 0.1) is 12.0 Å². The molecular weight excluding hydrogens is 316 g/mol. The summed E-state index contributed by atoms with van der Waals surface area (Å²) in [5.74, 6) is 0.540. The number of imidazole rings is 1. The van der Waals surface area contributed by atoms with E-state index in [1.54, 1.807) is 16.9 Å². The molecular formula is C19H16N4O2. The Balaban J connectivity index is 1.54. The number of rotatable bonds is 4. The van der Waals surface area contributed by atoms with E-state index in [0.717, 1.165) is 16.9 Å². The minimum absolute atomic E-state index is 0.160. The average molecular weight is 332 g/mol. The van der Waals surface area contributed by atoms with E-state index in [0.29, 0.717) is 23.7 Å². The van der Waals surface area contributed by atoms with E-state index in [2.05, 4.69) is 15.3 Å². The highest BCUT2D eigenvalue weighted by Crippen LogP contribution is 2.18. The van der Waals surface area contributed by atoms with E-state index in [1.807, 2.05) is 55.6 Å². The summed E-state index contributed by atoms with van der Waals surface area (Å²) in [5.41, 5.74) is 3.70. The molecule has 0 aromatic carbocycles. The summed E-state index contributed by atoms with van der Waals surface area (Å²) in [7, 11) is 0. The van der Waals surface area contributed by atoms with Gasteiger partial charge in [-0.25, -0.2) is 4.98 Å². The van der Waals surface area contributed by atoms with E-state index in [4.69, 9.17) is 4.42 Å². The zero-order chi connectivity index (χ0) is 17.2. The number of amides is 1. The van der Waals surface area contributed by atoms with Crippen LogP contribution in [-0.4, -0.2) is 20.3 Å². The van der Waals surface area contributed by atoms with Crippen LogP contribution >= 0.6 is 0 Å². The highest BCUT2D eigenvalue weighted by Gasteiger charge is 2.16. The molecule has 6 heteroatoms. The first-order valence-electron chi connectivity index (χ1n) is 7.93. The number of aryl methyl sites for hydroxylation is 1. The molecule has 0 saturated carbocycles. The lowest BCUT2D eigenvalue weighted by molar-refractivity contribution is 0.0944. The predicted molar refractivity (Wildman–Crippen MR) is 93.0 cm³/mol. The summed E-state index contributed by atoms with van der Waals surface area (Å²) >= 11 is 0. The number of nitrogens with zero attached hydrogens (tertiary/aromatic N) is 3. The number of aromatic nitrogens is 3. The molecule has 4 rings (SSSR count). The third-order valence-electron chi connectivity index (χ3n) is 3.97. The van der Waals surface area contributed by atoms with Gasteiger partial charge in [-0.3, -0.25) is 14.2 Å². The van der Waals surface area contributed by atoms with Crippen LogP contribution in [0.4, 0.5) is 0 Å².